The largest absolute Gasteiger partial charge is 0.444 e. The lowest BCUT2D eigenvalue weighted by molar-refractivity contribution is 0.0505. The summed E-state index contributed by atoms with van der Waals surface area (Å²) >= 11 is 6.08. The molecule has 0 radical (unpaired) electrons. The van der Waals surface area contributed by atoms with Gasteiger partial charge in [0, 0.05) is 24.2 Å². The van der Waals surface area contributed by atoms with Crippen molar-refractivity contribution in [3.63, 3.8) is 0 Å². The van der Waals surface area contributed by atoms with E-state index < -0.39 is 5.60 Å². The van der Waals surface area contributed by atoms with E-state index in [-0.39, 0.29) is 18.2 Å². The van der Waals surface area contributed by atoms with Crippen LogP contribution in [0.4, 0.5) is 4.79 Å². The summed E-state index contributed by atoms with van der Waals surface area (Å²) in [6, 6.07) is 17.7. The summed E-state index contributed by atoms with van der Waals surface area (Å²) in [5.74, 6) is 0. The quantitative estimate of drug-likeness (QED) is 0.777. The molecule has 0 bridgehead atoms. The van der Waals surface area contributed by atoms with E-state index in [1.165, 1.54) is 0 Å². The standard InChI is InChI=1S/C23H26ClN3O2/c1-23(2,3)29-22(28)26-20-12-13-27(15-20)21(18-8-10-19(24)11-9-18)17-6-4-16(14-25)5-7-17/h4-11,20-21H,12-13,15H2,1-3H3,(H,26,28)/t20-,21-/m1/s1. The Bertz CT molecular complexity index is 882. The maximum atomic E-state index is 12.1. The van der Waals surface area contributed by atoms with E-state index in [2.05, 4.69) is 16.3 Å². The third-order valence-corrected chi connectivity index (χ3v) is 5.10. The average molecular weight is 412 g/mol. The van der Waals surface area contributed by atoms with Crippen molar-refractivity contribution in [1.82, 2.24) is 10.2 Å². The second-order valence-electron chi connectivity index (χ2n) is 8.31. The van der Waals surface area contributed by atoms with E-state index in [1.54, 1.807) is 0 Å². The highest BCUT2D eigenvalue weighted by molar-refractivity contribution is 6.30. The Morgan fingerprint density at radius 3 is 2.31 bits per heavy atom. The van der Waals surface area contributed by atoms with Crippen molar-refractivity contribution in [2.75, 3.05) is 13.1 Å². The van der Waals surface area contributed by atoms with Crippen LogP contribution in [0.5, 0.6) is 0 Å². The SMILES string of the molecule is CC(C)(C)OC(=O)N[C@@H]1CCN([C@@H](c2ccc(Cl)cc2)c2ccc(C#N)cc2)C1. The Labute approximate surface area is 177 Å². The van der Waals surface area contributed by atoms with Crippen LogP contribution in [0.3, 0.4) is 0 Å². The highest BCUT2D eigenvalue weighted by Gasteiger charge is 2.32. The maximum absolute atomic E-state index is 12.1. The molecule has 0 unspecified atom stereocenters. The second kappa shape index (κ2) is 8.86. The van der Waals surface area contributed by atoms with Crippen molar-refractivity contribution in [3.05, 3.63) is 70.2 Å². The number of hydrogen-bond acceptors (Lipinski definition) is 4. The molecule has 0 aromatic heterocycles. The van der Waals surface area contributed by atoms with Gasteiger partial charge in [-0.1, -0.05) is 35.9 Å². The van der Waals surface area contributed by atoms with Crippen molar-refractivity contribution >= 4 is 17.7 Å². The van der Waals surface area contributed by atoms with Gasteiger partial charge in [0.05, 0.1) is 17.7 Å². The number of halogens is 1. The molecule has 0 aliphatic carbocycles. The van der Waals surface area contributed by atoms with Gasteiger partial charge in [0.25, 0.3) is 0 Å². The molecule has 152 valence electrons. The third-order valence-electron chi connectivity index (χ3n) is 4.85. The zero-order valence-electron chi connectivity index (χ0n) is 17.0. The summed E-state index contributed by atoms with van der Waals surface area (Å²) < 4.78 is 5.39. The summed E-state index contributed by atoms with van der Waals surface area (Å²) in [7, 11) is 0. The third kappa shape index (κ3) is 5.72. The van der Waals surface area contributed by atoms with Crippen molar-refractivity contribution in [3.8, 4) is 6.07 Å². The van der Waals surface area contributed by atoms with Gasteiger partial charge in [-0.2, -0.15) is 5.26 Å². The van der Waals surface area contributed by atoms with Gasteiger partial charge in [-0.25, -0.2) is 4.79 Å². The molecule has 3 rings (SSSR count). The fourth-order valence-corrected chi connectivity index (χ4v) is 3.74. The van der Waals surface area contributed by atoms with Crippen LogP contribution >= 0.6 is 11.6 Å². The number of benzene rings is 2. The number of nitrogens with one attached hydrogen (secondary N) is 1. The molecule has 1 saturated heterocycles. The van der Waals surface area contributed by atoms with Crippen molar-refractivity contribution in [2.45, 2.75) is 44.9 Å². The van der Waals surface area contributed by atoms with Crippen LogP contribution in [-0.2, 0) is 4.74 Å². The Balaban J connectivity index is 1.79. The first-order chi connectivity index (χ1) is 13.7. The van der Waals surface area contributed by atoms with Crippen LogP contribution in [0.15, 0.2) is 48.5 Å². The van der Waals surface area contributed by atoms with Gasteiger partial charge in [-0.3, -0.25) is 4.90 Å². The average Bonchev–Trinajstić information content (AvgIpc) is 3.10. The second-order valence-corrected chi connectivity index (χ2v) is 8.75. The topological polar surface area (TPSA) is 65.4 Å². The maximum Gasteiger partial charge on any atom is 0.407 e. The number of nitriles is 1. The zero-order chi connectivity index (χ0) is 21.0. The van der Waals surface area contributed by atoms with Crippen LogP contribution in [0, 0.1) is 11.3 Å². The first kappa shape index (κ1) is 21.2. The molecule has 1 heterocycles. The number of hydrogen-bond donors (Lipinski definition) is 1. The van der Waals surface area contributed by atoms with Gasteiger partial charge < -0.3 is 10.1 Å². The molecule has 0 saturated carbocycles. The Morgan fingerprint density at radius 2 is 1.76 bits per heavy atom. The summed E-state index contributed by atoms with van der Waals surface area (Å²) in [5.41, 5.74) is 2.34. The number of carbonyl (C=O) groups is 1. The lowest BCUT2D eigenvalue weighted by Crippen LogP contribution is -2.41. The first-order valence-electron chi connectivity index (χ1n) is 9.74. The zero-order valence-corrected chi connectivity index (χ0v) is 17.7. The smallest absolute Gasteiger partial charge is 0.407 e. The molecule has 5 nitrogen and oxygen atoms in total. The minimum absolute atomic E-state index is 0.0189. The van der Waals surface area contributed by atoms with Crippen LogP contribution in [0.25, 0.3) is 0 Å². The number of amides is 1. The summed E-state index contributed by atoms with van der Waals surface area (Å²) in [4.78, 5) is 14.5. The summed E-state index contributed by atoms with van der Waals surface area (Å²) in [5, 5.41) is 12.8. The number of rotatable bonds is 4. The molecule has 29 heavy (non-hydrogen) atoms. The van der Waals surface area contributed by atoms with E-state index in [0.717, 1.165) is 24.1 Å². The minimum Gasteiger partial charge on any atom is -0.444 e. The monoisotopic (exact) mass is 411 g/mol. The van der Waals surface area contributed by atoms with Crippen LogP contribution in [0.2, 0.25) is 5.02 Å². The molecule has 1 N–H and O–H groups in total. The Hall–Kier alpha value is -2.55. The number of ether oxygens (including phenoxy) is 1. The van der Waals surface area contributed by atoms with Gasteiger partial charge in [0.15, 0.2) is 0 Å². The Kier molecular flexibility index (Phi) is 6.46. The fraction of sp³-hybridized carbons (Fsp3) is 0.391. The molecule has 0 spiro atoms. The predicted molar refractivity (Wildman–Crippen MR) is 114 cm³/mol. The van der Waals surface area contributed by atoms with E-state index in [9.17, 15) is 4.79 Å². The van der Waals surface area contributed by atoms with Crippen molar-refractivity contribution < 1.29 is 9.53 Å². The van der Waals surface area contributed by atoms with E-state index >= 15 is 0 Å². The predicted octanol–water partition coefficient (Wildman–Crippen LogP) is 4.90. The number of alkyl carbamates (subject to hydrolysis) is 1. The van der Waals surface area contributed by atoms with Crippen LogP contribution in [0.1, 0.15) is 49.9 Å². The highest BCUT2D eigenvalue weighted by Crippen LogP contribution is 2.32. The molecule has 2 atom stereocenters. The lowest BCUT2D eigenvalue weighted by atomic mass is 9.96. The molecule has 2 aromatic carbocycles. The van der Waals surface area contributed by atoms with Crippen molar-refractivity contribution in [1.29, 1.82) is 5.26 Å². The Morgan fingerprint density at radius 1 is 1.17 bits per heavy atom. The van der Waals surface area contributed by atoms with Gasteiger partial charge in [-0.05, 0) is 62.6 Å². The summed E-state index contributed by atoms with van der Waals surface area (Å²) in [6.07, 6.45) is 0.463. The molecular formula is C23H26ClN3O2. The molecule has 6 heteroatoms. The minimum atomic E-state index is -0.517. The van der Waals surface area contributed by atoms with Gasteiger partial charge >= 0.3 is 6.09 Å². The van der Waals surface area contributed by atoms with Gasteiger partial charge in [-0.15, -0.1) is 0 Å². The van der Waals surface area contributed by atoms with Crippen LogP contribution < -0.4 is 5.32 Å². The van der Waals surface area contributed by atoms with E-state index in [0.29, 0.717) is 17.1 Å². The number of carbonyl (C=O) groups excluding carboxylic acids is 1. The van der Waals surface area contributed by atoms with E-state index in [1.807, 2.05) is 69.3 Å². The molecule has 2 aromatic rings. The molecular weight excluding hydrogens is 386 g/mol. The highest BCUT2D eigenvalue weighted by atomic mass is 35.5. The molecule has 1 aliphatic heterocycles. The van der Waals surface area contributed by atoms with E-state index in [4.69, 9.17) is 21.6 Å². The molecule has 1 amide bonds. The first-order valence-corrected chi connectivity index (χ1v) is 10.1. The van der Waals surface area contributed by atoms with Crippen molar-refractivity contribution in [2.24, 2.45) is 0 Å². The number of nitrogens with zero attached hydrogens (tertiary/aromatic N) is 2. The van der Waals surface area contributed by atoms with Gasteiger partial charge in [0.1, 0.15) is 5.60 Å². The molecule has 1 aliphatic rings. The molecule has 1 fully saturated rings. The summed E-state index contributed by atoms with van der Waals surface area (Å²) in [6.45, 7) is 7.12. The number of likely N-dealkylation sites (tertiary alicyclic amines) is 1. The van der Waals surface area contributed by atoms with Crippen LogP contribution in [-0.4, -0.2) is 35.7 Å². The normalized spacial score (nSPS) is 18.1. The fourth-order valence-electron chi connectivity index (χ4n) is 3.61. The lowest BCUT2D eigenvalue weighted by Gasteiger charge is -2.29. The van der Waals surface area contributed by atoms with Gasteiger partial charge in [0.2, 0.25) is 0 Å².